The molecule has 0 unspecified atom stereocenters. The molecular weight excluding hydrogens is 208 g/mol. The molecule has 2 rings (SSSR count). The third-order valence-electron chi connectivity index (χ3n) is 2.84. The number of nitrogens with zero attached hydrogens (tertiary/aromatic N) is 1. The molecule has 2 nitrogen and oxygen atoms in total. The summed E-state index contributed by atoms with van der Waals surface area (Å²) in [7, 11) is 0. The molecular formula is C15H20N2. The van der Waals surface area contributed by atoms with Gasteiger partial charge in [0, 0.05) is 5.39 Å². The van der Waals surface area contributed by atoms with Crippen LogP contribution in [0.4, 0.5) is 5.82 Å². The van der Waals surface area contributed by atoms with E-state index in [1.54, 1.807) is 0 Å². The van der Waals surface area contributed by atoms with Gasteiger partial charge >= 0.3 is 0 Å². The lowest BCUT2D eigenvalue weighted by molar-refractivity contribution is 0.411. The maximum atomic E-state index is 5.81. The number of aromatic nitrogens is 1. The molecule has 0 spiro atoms. The van der Waals surface area contributed by atoms with Crippen molar-refractivity contribution < 1.29 is 0 Å². The Balaban J connectivity index is 2.47. The van der Waals surface area contributed by atoms with Crippen LogP contribution >= 0.6 is 0 Å². The molecule has 0 atom stereocenters. The van der Waals surface area contributed by atoms with Crippen molar-refractivity contribution in [3.05, 3.63) is 35.4 Å². The molecule has 1 heterocycles. The van der Waals surface area contributed by atoms with Gasteiger partial charge < -0.3 is 5.73 Å². The molecule has 0 fully saturated rings. The van der Waals surface area contributed by atoms with Crippen LogP contribution in [0.5, 0.6) is 0 Å². The molecule has 2 N–H and O–H groups in total. The van der Waals surface area contributed by atoms with E-state index in [0.717, 1.165) is 17.5 Å². The minimum Gasteiger partial charge on any atom is -0.383 e. The molecule has 0 aliphatic heterocycles. The van der Waals surface area contributed by atoms with E-state index < -0.39 is 0 Å². The zero-order valence-corrected chi connectivity index (χ0v) is 11.0. The second-order valence-corrected chi connectivity index (χ2v) is 5.95. The Morgan fingerprint density at radius 2 is 1.88 bits per heavy atom. The largest absolute Gasteiger partial charge is 0.383 e. The van der Waals surface area contributed by atoms with Gasteiger partial charge in [0.1, 0.15) is 5.82 Å². The normalized spacial score (nSPS) is 12.0. The van der Waals surface area contributed by atoms with E-state index >= 15 is 0 Å². The first kappa shape index (κ1) is 11.9. The highest BCUT2D eigenvalue weighted by Gasteiger charge is 2.11. The third-order valence-corrected chi connectivity index (χ3v) is 2.84. The summed E-state index contributed by atoms with van der Waals surface area (Å²) in [6.45, 7) is 8.76. The molecule has 1 aromatic heterocycles. The third kappa shape index (κ3) is 2.76. The van der Waals surface area contributed by atoms with Crippen LogP contribution in [0.15, 0.2) is 24.3 Å². The summed E-state index contributed by atoms with van der Waals surface area (Å²) in [6, 6.07) is 8.55. The molecule has 0 amide bonds. The molecule has 90 valence electrons. The van der Waals surface area contributed by atoms with Crippen LogP contribution in [-0.4, -0.2) is 4.98 Å². The Bertz CT molecular complexity index is 551. The minimum absolute atomic E-state index is 0.309. The van der Waals surface area contributed by atoms with Crippen LogP contribution in [0.1, 0.15) is 31.9 Å². The Hall–Kier alpha value is -1.57. The number of hydrogen-bond acceptors (Lipinski definition) is 2. The molecule has 0 aliphatic carbocycles. The van der Waals surface area contributed by atoms with E-state index in [0.29, 0.717) is 11.2 Å². The maximum absolute atomic E-state index is 5.81. The molecule has 2 heteroatoms. The predicted octanol–water partition coefficient (Wildman–Crippen LogP) is 3.71. The standard InChI is InChI=1S/C15H20N2/c1-10-7-12-8-11(9-15(2,3)4)5-6-13(12)17-14(10)16/h5-8H,9H2,1-4H3,(H2,16,17). The fourth-order valence-corrected chi connectivity index (χ4v) is 2.07. The number of anilines is 1. The monoisotopic (exact) mass is 228 g/mol. The summed E-state index contributed by atoms with van der Waals surface area (Å²) in [5.74, 6) is 0.626. The number of nitrogen functional groups attached to an aromatic ring is 1. The van der Waals surface area contributed by atoms with Gasteiger partial charge in [0.15, 0.2) is 0 Å². The Morgan fingerprint density at radius 3 is 2.53 bits per heavy atom. The molecule has 0 bridgehead atoms. The van der Waals surface area contributed by atoms with Gasteiger partial charge in [0.25, 0.3) is 0 Å². The smallest absolute Gasteiger partial charge is 0.127 e. The highest BCUT2D eigenvalue weighted by Crippen LogP contribution is 2.24. The van der Waals surface area contributed by atoms with E-state index in [2.05, 4.69) is 50.0 Å². The van der Waals surface area contributed by atoms with E-state index in [1.165, 1.54) is 10.9 Å². The summed E-state index contributed by atoms with van der Waals surface area (Å²) >= 11 is 0. The van der Waals surface area contributed by atoms with E-state index in [9.17, 15) is 0 Å². The zero-order chi connectivity index (χ0) is 12.6. The SMILES string of the molecule is Cc1cc2cc(CC(C)(C)C)ccc2nc1N. The Labute approximate surface area is 103 Å². The highest BCUT2D eigenvalue weighted by molar-refractivity contribution is 5.82. The van der Waals surface area contributed by atoms with Gasteiger partial charge in [-0.1, -0.05) is 26.8 Å². The maximum Gasteiger partial charge on any atom is 0.127 e. The summed E-state index contributed by atoms with van der Waals surface area (Å²) in [5.41, 5.74) is 9.51. The van der Waals surface area contributed by atoms with Gasteiger partial charge in [-0.05, 0) is 48.1 Å². The first-order chi connectivity index (χ1) is 7.85. The molecule has 0 saturated carbocycles. The molecule has 2 aromatic rings. The van der Waals surface area contributed by atoms with Gasteiger partial charge in [-0.15, -0.1) is 0 Å². The summed E-state index contributed by atoms with van der Waals surface area (Å²) in [6.07, 6.45) is 1.08. The number of pyridine rings is 1. The number of fused-ring (bicyclic) bond motifs is 1. The minimum atomic E-state index is 0.309. The lowest BCUT2D eigenvalue weighted by Crippen LogP contribution is -2.09. The lowest BCUT2D eigenvalue weighted by Gasteiger charge is -2.18. The van der Waals surface area contributed by atoms with Crippen LogP contribution < -0.4 is 5.73 Å². The van der Waals surface area contributed by atoms with Crippen molar-refractivity contribution in [2.45, 2.75) is 34.1 Å². The van der Waals surface area contributed by atoms with Crippen molar-refractivity contribution in [1.29, 1.82) is 0 Å². The second kappa shape index (κ2) is 4.02. The number of benzene rings is 1. The van der Waals surface area contributed by atoms with Gasteiger partial charge in [0.05, 0.1) is 5.52 Å². The average Bonchev–Trinajstić information content (AvgIpc) is 2.18. The highest BCUT2D eigenvalue weighted by atomic mass is 14.8. The second-order valence-electron chi connectivity index (χ2n) is 5.95. The zero-order valence-electron chi connectivity index (χ0n) is 11.0. The van der Waals surface area contributed by atoms with Crippen LogP contribution in [0.3, 0.4) is 0 Å². The number of aryl methyl sites for hydroxylation is 1. The van der Waals surface area contributed by atoms with Crippen LogP contribution in [0.25, 0.3) is 10.9 Å². The van der Waals surface area contributed by atoms with Crippen molar-refractivity contribution in [3.63, 3.8) is 0 Å². The first-order valence-electron chi connectivity index (χ1n) is 6.01. The van der Waals surface area contributed by atoms with Gasteiger partial charge in [-0.25, -0.2) is 4.98 Å². The summed E-state index contributed by atoms with van der Waals surface area (Å²) in [4.78, 5) is 4.39. The summed E-state index contributed by atoms with van der Waals surface area (Å²) < 4.78 is 0. The quantitative estimate of drug-likeness (QED) is 0.808. The summed E-state index contributed by atoms with van der Waals surface area (Å²) in [5, 5.41) is 1.18. The molecule has 0 aliphatic rings. The van der Waals surface area contributed by atoms with Crippen molar-refractivity contribution >= 4 is 16.7 Å². The topological polar surface area (TPSA) is 38.9 Å². The fourth-order valence-electron chi connectivity index (χ4n) is 2.07. The van der Waals surface area contributed by atoms with Crippen LogP contribution in [-0.2, 0) is 6.42 Å². The number of hydrogen-bond donors (Lipinski definition) is 1. The fraction of sp³-hybridized carbons (Fsp3) is 0.400. The van der Waals surface area contributed by atoms with Crippen molar-refractivity contribution in [2.75, 3.05) is 5.73 Å². The van der Waals surface area contributed by atoms with Gasteiger partial charge in [-0.3, -0.25) is 0 Å². The molecule has 1 aromatic carbocycles. The number of rotatable bonds is 1. The number of nitrogens with two attached hydrogens (primary N) is 1. The molecule has 17 heavy (non-hydrogen) atoms. The van der Waals surface area contributed by atoms with Gasteiger partial charge in [0.2, 0.25) is 0 Å². The van der Waals surface area contributed by atoms with Crippen LogP contribution in [0.2, 0.25) is 0 Å². The van der Waals surface area contributed by atoms with Crippen LogP contribution in [0, 0.1) is 12.3 Å². The Kier molecular flexibility index (Phi) is 2.82. The molecule has 0 radical (unpaired) electrons. The van der Waals surface area contributed by atoms with E-state index in [1.807, 2.05) is 6.92 Å². The predicted molar refractivity (Wildman–Crippen MR) is 74.1 cm³/mol. The molecule has 0 saturated heterocycles. The Morgan fingerprint density at radius 1 is 1.18 bits per heavy atom. The van der Waals surface area contributed by atoms with Crippen molar-refractivity contribution in [2.24, 2.45) is 5.41 Å². The van der Waals surface area contributed by atoms with E-state index in [-0.39, 0.29) is 0 Å². The lowest BCUT2D eigenvalue weighted by atomic mass is 9.88. The first-order valence-corrected chi connectivity index (χ1v) is 6.01. The van der Waals surface area contributed by atoms with Crippen molar-refractivity contribution in [1.82, 2.24) is 4.98 Å². The van der Waals surface area contributed by atoms with Crippen molar-refractivity contribution in [3.8, 4) is 0 Å². The van der Waals surface area contributed by atoms with Gasteiger partial charge in [-0.2, -0.15) is 0 Å². The van der Waals surface area contributed by atoms with E-state index in [4.69, 9.17) is 5.73 Å². The average molecular weight is 228 g/mol.